The van der Waals surface area contributed by atoms with Gasteiger partial charge in [-0.1, -0.05) is 31.0 Å². The van der Waals surface area contributed by atoms with Crippen molar-refractivity contribution in [3.8, 4) is 0 Å². The number of nitrogens with zero attached hydrogens (tertiary/aromatic N) is 1. The van der Waals surface area contributed by atoms with Crippen LogP contribution < -0.4 is 5.32 Å². The molecule has 0 radical (unpaired) electrons. The van der Waals surface area contributed by atoms with Gasteiger partial charge < -0.3 is 5.32 Å². The summed E-state index contributed by atoms with van der Waals surface area (Å²) in [6.45, 7) is 7.60. The minimum Gasteiger partial charge on any atom is -0.313 e. The first-order valence-corrected chi connectivity index (χ1v) is 8.42. The fourth-order valence-electron chi connectivity index (χ4n) is 3.04. The van der Waals surface area contributed by atoms with Crippen molar-refractivity contribution >= 4 is 11.6 Å². The van der Waals surface area contributed by atoms with Crippen molar-refractivity contribution in [2.75, 3.05) is 19.6 Å². The highest BCUT2D eigenvalue weighted by Crippen LogP contribution is 2.29. The van der Waals surface area contributed by atoms with E-state index in [0.29, 0.717) is 11.1 Å². The van der Waals surface area contributed by atoms with Crippen molar-refractivity contribution in [2.45, 2.75) is 51.6 Å². The van der Waals surface area contributed by atoms with E-state index in [0.717, 1.165) is 25.2 Å². The van der Waals surface area contributed by atoms with E-state index in [1.165, 1.54) is 37.8 Å². The maximum Gasteiger partial charge on any atom is 0.124 e. The second-order valence-corrected chi connectivity index (χ2v) is 6.39. The van der Waals surface area contributed by atoms with E-state index < -0.39 is 0 Å². The summed E-state index contributed by atoms with van der Waals surface area (Å²) < 4.78 is 13.2. The standard InChI is InChI=1S/C17H26ClFN2/c1-3-4-10-21(12-15-6-5-9-20-15)13(2)16-8-7-14(19)11-17(16)18/h7-8,11,13,15,20H,3-6,9-10,12H2,1-2H3. The Bertz CT molecular complexity index is 446. The van der Waals surface area contributed by atoms with Crippen LogP contribution in [0, 0.1) is 5.82 Å². The first-order valence-electron chi connectivity index (χ1n) is 8.04. The van der Waals surface area contributed by atoms with Gasteiger partial charge in [-0.2, -0.15) is 0 Å². The quantitative estimate of drug-likeness (QED) is 0.803. The number of benzene rings is 1. The third-order valence-electron chi connectivity index (χ3n) is 4.38. The van der Waals surface area contributed by atoms with Crippen LogP contribution in [0.2, 0.25) is 5.02 Å². The Morgan fingerprint density at radius 3 is 2.90 bits per heavy atom. The fraction of sp³-hybridized carbons (Fsp3) is 0.647. The fourth-order valence-corrected chi connectivity index (χ4v) is 3.36. The average molecular weight is 313 g/mol. The topological polar surface area (TPSA) is 15.3 Å². The van der Waals surface area contributed by atoms with Gasteiger partial charge >= 0.3 is 0 Å². The van der Waals surface area contributed by atoms with E-state index in [1.54, 1.807) is 0 Å². The zero-order valence-corrected chi connectivity index (χ0v) is 13.8. The molecule has 0 bridgehead atoms. The van der Waals surface area contributed by atoms with E-state index >= 15 is 0 Å². The second kappa shape index (κ2) is 8.11. The van der Waals surface area contributed by atoms with Gasteiger partial charge in [0.2, 0.25) is 0 Å². The first-order chi connectivity index (χ1) is 10.1. The smallest absolute Gasteiger partial charge is 0.124 e. The lowest BCUT2D eigenvalue weighted by molar-refractivity contribution is 0.189. The molecular weight excluding hydrogens is 287 g/mol. The molecule has 118 valence electrons. The third-order valence-corrected chi connectivity index (χ3v) is 4.70. The molecule has 1 aliphatic heterocycles. The van der Waals surface area contributed by atoms with Crippen LogP contribution in [0.1, 0.15) is 51.1 Å². The van der Waals surface area contributed by atoms with Crippen LogP contribution in [0.3, 0.4) is 0 Å². The molecule has 0 saturated carbocycles. The van der Waals surface area contributed by atoms with Gasteiger partial charge in [0.05, 0.1) is 0 Å². The van der Waals surface area contributed by atoms with Crippen LogP contribution in [0.5, 0.6) is 0 Å². The Labute approximate surface area is 132 Å². The summed E-state index contributed by atoms with van der Waals surface area (Å²) in [5, 5.41) is 4.09. The van der Waals surface area contributed by atoms with E-state index in [9.17, 15) is 4.39 Å². The lowest BCUT2D eigenvalue weighted by atomic mass is 10.0. The molecular formula is C17H26ClFN2. The van der Waals surface area contributed by atoms with Crippen molar-refractivity contribution < 1.29 is 4.39 Å². The highest BCUT2D eigenvalue weighted by molar-refractivity contribution is 6.31. The first kappa shape index (κ1) is 16.7. The van der Waals surface area contributed by atoms with Crippen LogP contribution in [0.15, 0.2) is 18.2 Å². The van der Waals surface area contributed by atoms with Gasteiger partial charge in [0.25, 0.3) is 0 Å². The average Bonchev–Trinajstić information content (AvgIpc) is 2.95. The molecule has 1 saturated heterocycles. The van der Waals surface area contributed by atoms with Crippen molar-refractivity contribution in [3.05, 3.63) is 34.6 Å². The molecule has 0 aromatic heterocycles. The van der Waals surface area contributed by atoms with Gasteiger partial charge in [-0.3, -0.25) is 4.90 Å². The van der Waals surface area contributed by atoms with Gasteiger partial charge in [0, 0.05) is 23.7 Å². The highest BCUT2D eigenvalue weighted by Gasteiger charge is 2.23. The second-order valence-electron chi connectivity index (χ2n) is 5.98. The summed E-state index contributed by atoms with van der Waals surface area (Å²) in [5.41, 5.74) is 1.02. The summed E-state index contributed by atoms with van der Waals surface area (Å²) in [5.74, 6) is -0.270. The zero-order chi connectivity index (χ0) is 15.2. The molecule has 2 nitrogen and oxygen atoms in total. The number of halogens is 2. The normalized spacial score (nSPS) is 20.1. The predicted octanol–water partition coefficient (Wildman–Crippen LogP) is 4.39. The summed E-state index contributed by atoms with van der Waals surface area (Å²) in [6.07, 6.45) is 4.86. The molecule has 0 amide bonds. The zero-order valence-electron chi connectivity index (χ0n) is 13.0. The van der Waals surface area contributed by atoms with Crippen LogP contribution in [-0.4, -0.2) is 30.6 Å². The molecule has 1 heterocycles. The van der Waals surface area contributed by atoms with E-state index in [-0.39, 0.29) is 11.9 Å². The largest absolute Gasteiger partial charge is 0.313 e. The Hall–Kier alpha value is -0.640. The maximum absolute atomic E-state index is 13.2. The van der Waals surface area contributed by atoms with Crippen molar-refractivity contribution in [3.63, 3.8) is 0 Å². The summed E-state index contributed by atoms with van der Waals surface area (Å²) in [6, 6.07) is 5.53. The molecule has 4 heteroatoms. The Kier molecular flexibility index (Phi) is 6.46. The van der Waals surface area contributed by atoms with Gasteiger partial charge in [0.1, 0.15) is 5.82 Å². The molecule has 2 atom stereocenters. The summed E-state index contributed by atoms with van der Waals surface area (Å²) in [7, 11) is 0. The van der Waals surface area contributed by atoms with Gasteiger partial charge in [-0.05, 0) is 57.0 Å². The highest BCUT2D eigenvalue weighted by atomic mass is 35.5. The van der Waals surface area contributed by atoms with Crippen molar-refractivity contribution in [2.24, 2.45) is 0 Å². The van der Waals surface area contributed by atoms with Crippen LogP contribution in [0.25, 0.3) is 0 Å². The monoisotopic (exact) mass is 312 g/mol. The van der Waals surface area contributed by atoms with Gasteiger partial charge in [-0.15, -0.1) is 0 Å². The Morgan fingerprint density at radius 1 is 1.48 bits per heavy atom. The van der Waals surface area contributed by atoms with Gasteiger partial charge in [0.15, 0.2) is 0 Å². The number of nitrogens with one attached hydrogen (secondary N) is 1. The SMILES string of the molecule is CCCCN(CC1CCCN1)C(C)c1ccc(F)cc1Cl. The van der Waals surface area contributed by atoms with Crippen LogP contribution in [0.4, 0.5) is 4.39 Å². The van der Waals surface area contributed by atoms with E-state index in [1.807, 2.05) is 6.07 Å². The molecule has 1 N–H and O–H groups in total. The third kappa shape index (κ3) is 4.67. The molecule has 1 aliphatic rings. The number of unbranched alkanes of at least 4 members (excludes halogenated alkanes) is 1. The van der Waals surface area contributed by atoms with E-state index in [4.69, 9.17) is 11.6 Å². The van der Waals surface area contributed by atoms with Gasteiger partial charge in [-0.25, -0.2) is 4.39 Å². The van der Waals surface area contributed by atoms with E-state index in [2.05, 4.69) is 24.1 Å². The van der Waals surface area contributed by atoms with Crippen LogP contribution in [-0.2, 0) is 0 Å². The molecule has 1 aromatic carbocycles. The summed E-state index contributed by atoms with van der Waals surface area (Å²) >= 11 is 6.24. The number of hydrogen-bond acceptors (Lipinski definition) is 2. The lowest BCUT2D eigenvalue weighted by Crippen LogP contribution is -2.39. The molecule has 1 aromatic rings. The molecule has 1 fully saturated rings. The van der Waals surface area contributed by atoms with Crippen molar-refractivity contribution in [1.29, 1.82) is 0 Å². The molecule has 0 aliphatic carbocycles. The molecule has 21 heavy (non-hydrogen) atoms. The predicted molar refractivity (Wildman–Crippen MR) is 87.3 cm³/mol. The van der Waals surface area contributed by atoms with Crippen molar-refractivity contribution in [1.82, 2.24) is 10.2 Å². The minimum atomic E-state index is -0.270. The van der Waals surface area contributed by atoms with Crippen LogP contribution >= 0.6 is 11.6 Å². The number of hydrogen-bond donors (Lipinski definition) is 1. The molecule has 0 spiro atoms. The Balaban J connectivity index is 2.09. The number of rotatable bonds is 7. The summed E-state index contributed by atoms with van der Waals surface area (Å²) in [4.78, 5) is 2.48. The molecule has 2 rings (SSSR count). The minimum absolute atomic E-state index is 0.215. The molecule has 2 unspecified atom stereocenters. The Morgan fingerprint density at radius 2 is 2.29 bits per heavy atom. The maximum atomic E-state index is 13.2. The lowest BCUT2D eigenvalue weighted by Gasteiger charge is -2.32.